The molecule has 4 heteroatoms. The molecule has 1 aliphatic carbocycles. The van der Waals surface area contributed by atoms with Crippen LogP contribution in [0.1, 0.15) is 52.4 Å². The SMILES string of the molecule is CCCCCCN1CC(=O)NC(C)(C2CC2)C1=O. The van der Waals surface area contributed by atoms with Gasteiger partial charge in [0.2, 0.25) is 11.8 Å². The second kappa shape index (κ2) is 5.29. The number of nitrogens with one attached hydrogen (secondary N) is 1. The number of rotatable bonds is 6. The van der Waals surface area contributed by atoms with Crippen LogP contribution in [0.2, 0.25) is 0 Å². The number of hydrogen-bond donors (Lipinski definition) is 1. The average Bonchev–Trinajstić information content (AvgIpc) is 3.14. The Balaban J connectivity index is 1.93. The zero-order chi connectivity index (χ0) is 13.2. The largest absolute Gasteiger partial charge is 0.340 e. The molecular weight excluding hydrogens is 228 g/mol. The molecule has 0 aromatic rings. The molecule has 0 aromatic carbocycles. The molecule has 1 unspecified atom stereocenters. The van der Waals surface area contributed by atoms with Gasteiger partial charge in [0.05, 0.1) is 6.54 Å². The van der Waals surface area contributed by atoms with E-state index in [4.69, 9.17) is 0 Å². The van der Waals surface area contributed by atoms with Crippen LogP contribution in [0.3, 0.4) is 0 Å². The Labute approximate surface area is 109 Å². The smallest absolute Gasteiger partial charge is 0.248 e. The van der Waals surface area contributed by atoms with E-state index in [2.05, 4.69) is 12.2 Å². The van der Waals surface area contributed by atoms with Crippen molar-refractivity contribution in [1.82, 2.24) is 10.2 Å². The van der Waals surface area contributed by atoms with Gasteiger partial charge in [0.25, 0.3) is 0 Å². The van der Waals surface area contributed by atoms with Crippen molar-refractivity contribution in [3.05, 3.63) is 0 Å². The summed E-state index contributed by atoms with van der Waals surface area (Å²) in [5.41, 5.74) is -0.625. The van der Waals surface area contributed by atoms with E-state index in [-0.39, 0.29) is 18.4 Å². The van der Waals surface area contributed by atoms with Crippen molar-refractivity contribution in [3.63, 3.8) is 0 Å². The van der Waals surface area contributed by atoms with Crippen molar-refractivity contribution in [2.75, 3.05) is 13.1 Å². The lowest BCUT2D eigenvalue weighted by molar-refractivity contribution is -0.150. The molecule has 1 atom stereocenters. The lowest BCUT2D eigenvalue weighted by Crippen LogP contribution is -2.66. The minimum absolute atomic E-state index is 0.000471. The van der Waals surface area contributed by atoms with Crippen LogP contribution in [0.15, 0.2) is 0 Å². The summed E-state index contributed by atoms with van der Waals surface area (Å²) >= 11 is 0. The first-order valence-corrected chi connectivity index (χ1v) is 7.18. The van der Waals surface area contributed by atoms with E-state index < -0.39 is 5.54 Å². The van der Waals surface area contributed by atoms with Gasteiger partial charge in [-0.2, -0.15) is 0 Å². The van der Waals surface area contributed by atoms with E-state index in [0.29, 0.717) is 5.92 Å². The van der Waals surface area contributed by atoms with Gasteiger partial charge >= 0.3 is 0 Å². The number of amides is 2. The van der Waals surface area contributed by atoms with E-state index in [9.17, 15) is 9.59 Å². The van der Waals surface area contributed by atoms with E-state index in [0.717, 1.165) is 32.2 Å². The highest BCUT2D eigenvalue weighted by Gasteiger charge is 2.52. The van der Waals surface area contributed by atoms with Gasteiger partial charge in [-0.1, -0.05) is 26.2 Å². The molecule has 0 aromatic heterocycles. The second-order valence-corrected chi connectivity index (χ2v) is 5.81. The molecule has 4 nitrogen and oxygen atoms in total. The summed E-state index contributed by atoms with van der Waals surface area (Å²) in [5.74, 6) is 0.480. The summed E-state index contributed by atoms with van der Waals surface area (Å²) in [6.45, 7) is 5.04. The Hall–Kier alpha value is -1.06. The van der Waals surface area contributed by atoms with Gasteiger partial charge < -0.3 is 10.2 Å². The predicted octanol–water partition coefficient (Wildman–Crippen LogP) is 1.69. The first-order chi connectivity index (χ1) is 8.58. The van der Waals surface area contributed by atoms with E-state index in [1.807, 2.05) is 6.92 Å². The van der Waals surface area contributed by atoms with Crippen molar-refractivity contribution in [2.24, 2.45) is 5.92 Å². The van der Waals surface area contributed by atoms with Gasteiger partial charge in [0.1, 0.15) is 5.54 Å². The van der Waals surface area contributed by atoms with Gasteiger partial charge in [0, 0.05) is 6.54 Å². The summed E-state index contributed by atoms with van der Waals surface area (Å²) in [5, 5.41) is 2.91. The zero-order valence-electron chi connectivity index (χ0n) is 11.5. The first kappa shape index (κ1) is 13.4. The number of carbonyl (C=O) groups is 2. The molecule has 0 bridgehead atoms. The Morgan fingerprint density at radius 1 is 1.28 bits per heavy atom. The Morgan fingerprint density at radius 2 is 2.00 bits per heavy atom. The lowest BCUT2D eigenvalue weighted by Gasteiger charge is -2.40. The van der Waals surface area contributed by atoms with Crippen molar-refractivity contribution in [1.29, 1.82) is 0 Å². The standard InChI is InChI=1S/C14H24N2O2/c1-3-4-5-6-9-16-10-12(17)15-14(2,13(16)18)11-7-8-11/h11H,3-10H2,1-2H3,(H,15,17). The van der Waals surface area contributed by atoms with Crippen LogP contribution in [-0.2, 0) is 9.59 Å². The highest BCUT2D eigenvalue weighted by atomic mass is 16.2. The number of hydrogen-bond acceptors (Lipinski definition) is 2. The first-order valence-electron chi connectivity index (χ1n) is 7.18. The van der Waals surface area contributed by atoms with Crippen molar-refractivity contribution < 1.29 is 9.59 Å². The summed E-state index contributed by atoms with van der Waals surface area (Å²) in [6.07, 6.45) is 6.66. The van der Waals surface area contributed by atoms with Crippen LogP contribution in [-0.4, -0.2) is 35.3 Å². The van der Waals surface area contributed by atoms with Crippen molar-refractivity contribution in [2.45, 2.75) is 57.9 Å². The summed E-state index contributed by atoms with van der Waals surface area (Å²) in [4.78, 5) is 26.0. The Bertz CT molecular complexity index is 339. The van der Waals surface area contributed by atoms with E-state index in [1.54, 1.807) is 4.90 Å². The molecule has 1 heterocycles. The van der Waals surface area contributed by atoms with E-state index >= 15 is 0 Å². The van der Waals surface area contributed by atoms with E-state index in [1.165, 1.54) is 12.8 Å². The molecule has 2 amide bonds. The molecule has 0 radical (unpaired) electrons. The molecule has 1 aliphatic heterocycles. The van der Waals surface area contributed by atoms with Gasteiger partial charge in [-0.05, 0) is 32.1 Å². The minimum Gasteiger partial charge on any atom is -0.340 e. The molecule has 2 rings (SSSR count). The highest BCUT2D eigenvalue weighted by Crippen LogP contribution is 2.41. The fourth-order valence-corrected chi connectivity index (χ4v) is 2.80. The van der Waals surface area contributed by atoms with Crippen molar-refractivity contribution >= 4 is 11.8 Å². The fourth-order valence-electron chi connectivity index (χ4n) is 2.80. The molecule has 1 saturated carbocycles. The molecule has 2 fully saturated rings. The van der Waals surface area contributed by atoms with Gasteiger partial charge in [0.15, 0.2) is 0 Å². The summed E-state index contributed by atoms with van der Waals surface area (Å²) in [7, 11) is 0. The fraction of sp³-hybridized carbons (Fsp3) is 0.857. The van der Waals surface area contributed by atoms with Crippen molar-refractivity contribution in [3.8, 4) is 0 Å². The predicted molar refractivity (Wildman–Crippen MR) is 70.0 cm³/mol. The quantitative estimate of drug-likeness (QED) is 0.731. The summed E-state index contributed by atoms with van der Waals surface area (Å²) < 4.78 is 0. The second-order valence-electron chi connectivity index (χ2n) is 5.81. The molecule has 18 heavy (non-hydrogen) atoms. The topological polar surface area (TPSA) is 49.4 Å². The monoisotopic (exact) mass is 252 g/mol. The number of unbranched alkanes of at least 4 members (excludes halogenated alkanes) is 3. The van der Waals surface area contributed by atoms with Crippen LogP contribution < -0.4 is 5.32 Å². The van der Waals surface area contributed by atoms with Crippen LogP contribution in [0.25, 0.3) is 0 Å². The molecule has 1 saturated heterocycles. The maximum atomic E-state index is 12.4. The molecule has 2 aliphatic rings. The maximum absolute atomic E-state index is 12.4. The summed E-state index contributed by atoms with van der Waals surface area (Å²) in [6, 6.07) is 0. The van der Waals surface area contributed by atoms with Gasteiger partial charge in [-0.3, -0.25) is 9.59 Å². The third-order valence-corrected chi connectivity index (χ3v) is 4.14. The van der Waals surface area contributed by atoms with Crippen LogP contribution in [0.4, 0.5) is 0 Å². The van der Waals surface area contributed by atoms with Crippen LogP contribution in [0.5, 0.6) is 0 Å². The third kappa shape index (κ3) is 2.68. The lowest BCUT2D eigenvalue weighted by atomic mass is 9.91. The Kier molecular flexibility index (Phi) is 3.93. The number of carbonyl (C=O) groups excluding carboxylic acids is 2. The average molecular weight is 252 g/mol. The van der Waals surface area contributed by atoms with Crippen LogP contribution >= 0.6 is 0 Å². The normalized spacial score (nSPS) is 28.4. The Morgan fingerprint density at radius 3 is 2.61 bits per heavy atom. The van der Waals surface area contributed by atoms with Gasteiger partial charge in [-0.25, -0.2) is 0 Å². The molecule has 0 spiro atoms. The number of piperazine rings is 1. The molecule has 1 N–H and O–H groups in total. The van der Waals surface area contributed by atoms with Crippen LogP contribution in [0, 0.1) is 5.92 Å². The third-order valence-electron chi connectivity index (χ3n) is 4.14. The highest BCUT2D eigenvalue weighted by molar-refractivity contribution is 5.98. The molecule has 102 valence electrons. The maximum Gasteiger partial charge on any atom is 0.248 e. The number of nitrogens with zero attached hydrogens (tertiary/aromatic N) is 1. The van der Waals surface area contributed by atoms with Gasteiger partial charge in [-0.15, -0.1) is 0 Å². The zero-order valence-corrected chi connectivity index (χ0v) is 11.5. The minimum atomic E-state index is -0.625. The molecular formula is C14H24N2O2.